The van der Waals surface area contributed by atoms with Crippen LogP contribution < -0.4 is 10.5 Å². The first-order valence-electron chi connectivity index (χ1n) is 5.75. The van der Waals surface area contributed by atoms with Gasteiger partial charge in [-0.15, -0.1) is 0 Å². The van der Waals surface area contributed by atoms with Gasteiger partial charge in [-0.25, -0.2) is 13.1 Å². The van der Waals surface area contributed by atoms with Crippen molar-refractivity contribution in [1.29, 1.82) is 0 Å². The third-order valence-corrected chi connectivity index (χ3v) is 4.22. The molecule has 1 heterocycles. The lowest BCUT2D eigenvalue weighted by Crippen LogP contribution is -2.37. The fourth-order valence-corrected chi connectivity index (χ4v) is 3.12. The van der Waals surface area contributed by atoms with E-state index < -0.39 is 10.0 Å². The van der Waals surface area contributed by atoms with Gasteiger partial charge >= 0.3 is 0 Å². The summed E-state index contributed by atoms with van der Waals surface area (Å²) in [6.45, 7) is 3.99. The van der Waals surface area contributed by atoms with E-state index in [0.717, 1.165) is 0 Å². The smallest absolute Gasteiger partial charge is 0.244 e. The molecule has 0 aliphatic heterocycles. The van der Waals surface area contributed by atoms with Gasteiger partial charge in [0, 0.05) is 19.2 Å². The molecule has 1 aromatic heterocycles. The van der Waals surface area contributed by atoms with Crippen LogP contribution in [-0.4, -0.2) is 28.2 Å². The van der Waals surface area contributed by atoms with E-state index in [1.165, 1.54) is 13.2 Å². The highest BCUT2D eigenvalue weighted by molar-refractivity contribution is 7.89. The molecular formula is C11H20N2O4S. The Kier molecular flexibility index (Phi) is 5.33. The lowest BCUT2D eigenvalue weighted by atomic mass is 10.3. The monoisotopic (exact) mass is 276 g/mol. The number of nitrogens with one attached hydrogen (secondary N) is 1. The van der Waals surface area contributed by atoms with Crippen LogP contribution in [0.3, 0.4) is 0 Å². The van der Waals surface area contributed by atoms with Gasteiger partial charge in [0.15, 0.2) is 0 Å². The molecule has 0 bridgehead atoms. The van der Waals surface area contributed by atoms with Crippen molar-refractivity contribution < 1.29 is 17.6 Å². The molecule has 0 saturated heterocycles. The van der Waals surface area contributed by atoms with Crippen LogP contribution >= 0.6 is 0 Å². The summed E-state index contributed by atoms with van der Waals surface area (Å²) in [5.74, 6) is 0.794. The standard InChI is InChI=1S/C11H20N2O4S/c1-4-9(7-16-3)13-18(14,15)11-5-10(6-12)17-8(11)2/h5,9,13H,4,6-7,12H2,1-3H3. The highest BCUT2D eigenvalue weighted by Crippen LogP contribution is 2.20. The molecule has 0 aliphatic rings. The van der Waals surface area contributed by atoms with Gasteiger partial charge in [0.2, 0.25) is 10.0 Å². The van der Waals surface area contributed by atoms with Crippen LogP contribution in [0.4, 0.5) is 0 Å². The van der Waals surface area contributed by atoms with Gasteiger partial charge in [0.25, 0.3) is 0 Å². The maximum Gasteiger partial charge on any atom is 0.244 e. The first kappa shape index (κ1) is 15.2. The van der Waals surface area contributed by atoms with Crippen LogP contribution in [-0.2, 0) is 21.3 Å². The van der Waals surface area contributed by atoms with Crippen LogP contribution in [0.2, 0.25) is 0 Å². The van der Waals surface area contributed by atoms with E-state index >= 15 is 0 Å². The van der Waals surface area contributed by atoms with E-state index in [4.69, 9.17) is 14.9 Å². The third-order valence-electron chi connectivity index (χ3n) is 2.60. The predicted octanol–water partition coefficient (Wildman–Crippen LogP) is 0.750. The van der Waals surface area contributed by atoms with Gasteiger partial charge in [0.1, 0.15) is 16.4 Å². The Balaban J connectivity index is 2.94. The SMILES string of the molecule is CCC(COC)NS(=O)(=O)c1cc(CN)oc1C. The van der Waals surface area contributed by atoms with E-state index in [1.807, 2.05) is 6.92 Å². The second kappa shape index (κ2) is 6.33. The van der Waals surface area contributed by atoms with Crippen molar-refractivity contribution in [2.45, 2.75) is 37.8 Å². The van der Waals surface area contributed by atoms with Crippen LogP contribution in [0.15, 0.2) is 15.4 Å². The zero-order chi connectivity index (χ0) is 13.8. The molecule has 1 aromatic rings. The molecule has 0 spiro atoms. The summed E-state index contributed by atoms with van der Waals surface area (Å²) >= 11 is 0. The molecule has 18 heavy (non-hydrogen) atoms. The topological polar surface area (TPSA) is 94.6 Å². The molecule has 0 radical (unpaired) electrons. The number of sulfonamides is 1. The van der Waals surface area contributed by atoms with Gasteiger partial charge in [-0.2, -0.15) is 0 Å². The quantitative estimate of drug-likeness (QED) is 0.766. The van der Waals surface area contributed by atoms with E-state index in [1.54, 1.807) is 6.92 Å². The van der Waals surface area contributed by atoms with Gasteiger partial charge in [-0.3, -0.25) is 0 Å². The zero-order valence-electron chi connectivity index (χ0n) is 10.9. The average Bonchev–Trinajstić information content (AvgIpc) is 2.70. The molecular weight excluding hydrogens is 256 g/mol. The second-order valence-corrected chi connectivity index (χ2v) is 5.70. The number of nitrogens with two attached hydrogens (primary N) is 1. The molecule has 7 heteroatoms. The summed E-state index contributed by atoms with van der Waals surface area (Å²) in [5.41, 5.74) is 5.42. The number of aryl methyl sites for hydroxylation is 1. The van der Waals surface area contributed by atoms with E-state index in [-0.39, 0.29) is 17.5 Å². The zero-order valence-corrected chi connectivity index (χ0v) is 11.7. The van der Waals surface area contributed by atoms with Gasteiger partial charge < -0.3 is 14.9 Å². The van der Waals surface area contributed by atoms with Gasteiger partial charge in [0.05, 0.1) is 13.2 Å². The highest BCUT2D eigenvalue weighted by Gasteiger charge is 2.23. The van der Waals surface area contributed by atoms with Crippen LogP contribution in [0.1, 0.15) is 24.9 Å². The summed E-state index contributed by atoms with van der Waals surface area (Å²) < 4.78 is 37.1. The Morgan fingerprint density at radius 3 is 2.67 bits per heavy atom. The van der Waals surface area contributed by atoms with E-state index in [2.05, 4.69) is 4.72 Å². The summed E-state index contributed by atoms with van der Waals surface area (Å²) in [5, 5.41) is 0. The first-order valence-corrected chi connectivity index (χ1v) is 7.23. The molecule has 0 aliphatic carbocycles. The fourth-order valence-electron chi connectivity index (χ4n) is 1.61. The maximum absolute atomic E-state index is 12.2. The minimum Gasteiger partial charge on any atom is -0.464 e. The minimum absolute atomic E-state index is 0.137. The molecule has 0 saturated carbocycles. The molecule has 1 unspecified atom stereocenters. The summed E-state index contributed by atoms with van der Waals surface area (Å²) in [6, 6.07) is 1.20. The van der Waals surface area contributed by atoms with Crippen molar-refractivity contribution in [2.24, 2.45) is 5.73 Å². The lowest BCUT2D eigenvalue weighted by molar-refractivity contribution is 0.173. The predicted molar refractivity (Wildman–Crippen MR) is 67.6 cm³/mol. The lowest BCUT2D eigenvalue weighted by Gasteiger charge is -2.15. The average molecular weight is 276 g/mol. The highest BCUT2D eigenvalue weighted by atomic mass is 32.2. The Morgan fingerprint density at radius 2 is 2.22 bits per heavy atom. The minimum atomic E-state index is -3.59. The van der Waals surface area contributed by atoms with Crippen molar-refractivity contribution >= 4 is 10.0 Å². The van der Waals surface area contributed by atoms with Crippen LogP contribution in [0.25, 0.3) is 0 Å². The van der Waals surface area contributed by atoms with Gasteiger partial charge in [-0.05, 0) is 13.3 Å². The number of furan rings is 1. The van der Waals surface area contributed by atoms with Crippen molar-refractivity contribution in [1.82, 2.24) is 4.72 Å². The van der Waals surface area contributed by atoms with Crippen LogP contribution in [0.5, 0.6) is 0 Å². The Bertz CT molecular complexity index is 481. The largest absolute Gasteiger partial charge is 0.464 e. The Hall–Kier alpha value is -0.890. The van der Waals surface area contributed by atoms with Gasteiger partial charge in [-0.1, -0.05) is 6.92 Å². The number of hydrogen-bond donors (Lipinski definition) is 2. The number of hydrogen-bond acceptors (Lipinski definition) is 5. The van der Waals surface area contributed by atoms with Crippen molar-refractivity contribution in [3.63, 3.8) is 0 Å². The summed E-state index contributed by atoms with van der Waals surface area (Å²) in [4.78, 5) is 0.137. The Morgan fingerprint density at radius 1 is 1.56 bits per heavy atom. The molecule has 104 valence electrons. The molecule has 0 fully saturated rings. The normalized spacial score (nSPS) is 13.8. The second-order valence-electron chi connectivity index (χ2n) is 4.02. The number of methoxy groups -OCH3 is 1. The molecule has 0 amide bonds. The summed E-state index contributed by atoms with van der Waals surface area (Å²) in [6.07, 6.45) is 0.647. The van der Waals surface area contributed by atoms with E-state index in [0.29, 0.717) is 24.5 Å². The molecule has 0 aromatic carbocycles. The molecule has 3 N–H and O–H groups in total. The third kappa shape index (κ3) is 3.55. The van der Waals surface area contributed by atoms with Crippen molar-refractivity contribution in [2.75, 3.05) is 13.7 Å². The summed E-state index contributed by atoms with van der Waals surface area (Å²) in [7, 11) is -2.06. The van der Waals surface area contributed by atoms with Crippen LogP contribution in [0, 0.1) is 6.92 Å². The maximum atomic E-state index is 12.2. The van der Waals surface area contributed by atoms with Crippen molar-refractivity contribution in [3.05, 3.63) is 17.6 Å². The fraction of sp³-hybridized carbons (Fsp3) is 0.636. The van der Waals surface area contributed by atoms with E-state index in [9.17, 15) is 8.42 Å². The number of ether oxygens (including phenoxy) is 1. The first-order chi connectivity index (χ1) is 8.44. The molecule has 1 atom stereocenters. The molecule has 1 rings (SSSR count). The Labute approximate surface area is 108 Å². The number of rotatable bonds is 7. The molecule has 6 nitrogen and oxygen atoms in total. The van der Waals surface area contributed by atoms with Crippen molar-refractivity contribution in [3.8, 4) is 0 Å².